The number of benzene rings is 1. The van der Waals surface area contributed by atoms with Crippen LogP contribution in [0.25, 0.3) is 0 Å². The van der Waals surface area contributed by atoms with E-state index >= 15 is 0 Å². The summed E-state index contributed by atoms with van der Waals surface area (Å²) in [5.74, 6) is 0.569. The van der Waals surface area contributed by atoms with Gasteiger partial charge in [0.05, 0.1) is 18.7 Å². The predicted octanol–water partition coefficient (Wildman–Crippen LogP) is 4.50. The number of hydrogen-bond acceptors (Lipinski definition) is 4. The zero-order chi connectivity index (χ0) is 17.2. The van der Waals surface area contributed by atoms with Crippen molar-refractivity contribution in [3.05, 3.63) is 22.7 Å². The number of carbonyl (C=O) groups excluding carboxylic acids is 1. The number of carbonyl (C=O) groups is 1. The maximum absolute atomic E-state index is 11.8. The SMILES string of the molecule is CCCCC(CC)COC(=O)NCc1cc(Cl)c(O)c(OC)c1. The van der Waals surface area contributed by atoms with Crippen molar-refractivity contribution in [2.45, 2.75) is 46.1 Å². The number of ether oxygens (including phenoxy) is 2. The Labute approximate surface area is 142 Å². The van der Waals surface area contributed by atoms with Gasteiger partial charge in [0, 0.05) is 6.54 Å². The lowest BCUT2D eigenvalue weighted by atomic mass is 10.0. The Kier molecular flexibility index (Phi) is 8.62. The summed E-state index contributed by atoms with van der Waals surface area (Å²) in [6.45, 7) is 4.94. The van der Waals surface area contributed by atoms with Crippen LogP contribution in [0.3, 0.4) is 0 Å². The average molecular weight is 344 g/mol. The highest BCUT2D eigenvalue weighted by molar-refractivity contribution is 6.32. The highest BCUT2D eigenvalue weighted by Crippen LogP contribution is 2.34. The summed E-state index contributed by atoms with van der Waals surface area (Å²) in [5, 5.41) is 12.5. The second-order valence-corrected chi connectivity index (χ2v) is 5.90. The van der Waals surface area contributed by atoms with Crippen molar-refractivity contribution in [3.63, 3.8) is 0 Å². The Morgan fingerprint density at radius 3 is 2.74 bits per heavy atom. The number of nitrogens with one attached hydrogen (secondary N) is 1. The molecule has 0 fully saturated rings. The zero-order valence-corrected chi connectivity index (χ0v) is 14.8. The van der Waals surface area contributed by atoms with E-state index in [1.807, 2.05) is 0 Å². The molecule has 1 rings (SSSR count). The molecule has 130 valence electrons. The van der Waals surface area contributed by atoms with Crippen LogP contribution >= 0.6 is 11.6 Å². The maximum Gasteiger partial charge on any atom is 0.407 e. The number of amides is 1. The molecule has 6 heteroatoms. The van der Waals surface area contributed by atoms with E-state index < -0.39 is 6.09 Å². The van der Waals surface area contributed by atoms with Gasteiger partial charge in [0.1, 0.15) is 0 Å². The molecule has 1 atom stereocenters. The lowest BCUT2D eigenvalue weighted by Gasteiger charge is -2.15. The predicted molar refractivity (Wildman–Crippen MR) is 91.2 cm³/mol. The van der Waals surface area contributed by atoms with Crippen molar-refractivity contribution in [2.24, 2.45) is 5.92 Å². The van der Waals surface area contributed by atoms with Crippen molar-refractivity contribution in [3.8, 4) is 11.5 Å². The fourth-order valence-corrected chi connectivity index (χ4v) is 2.44. The van der Waals surface area contributed by atoms with Gasteiger partial charge in [-0.1, -0.05) is 44.7 Å². The van der Waals surface area contributed by atoms with Gasteiger partial charge >= 0.3 is 6.09 Å². The maximum atomic E-state index is 11.8. The largest absolute Gasteiger partial charge is 0.503 e. The van der Waals surface area contributed by atoms with E-state index in [-0.39, 0.29) is 23.1 Å². The van der Waals surface area contributed by atoms with Crippen molar-refractivity contribution >= 4 is 17.7 Å². The van der Waals surface area contributed by atoms with Crippen LogP contribution in [0.15, 0.2) is 12.1 Å². The Balaban J connectivity index is 2.45. The highest BCUT2D eigenvalue weighted by atomic mass is 35.5. The summed E-state index contributed by atoms with van der Waals surface area (Å²) in [5.41, 5.74) is 0.722. The molecule has 2 N–H and O–H groups in total. The minimum absolute atomic E-state index is 0.109. The molecule has 0 spiro atoms. The van der Waals surface area contributed by atoms with Gasteiger partial charge in [0.25, 0.3) is 0 Å². The highest BCUT2D eigenvalue weighted by Gasteiger charge is 2.12. The Morgan fingerprint density at radius 1 is 1.39 bits per heavy atom. The van der Waals surface area contributed by atoms with Crippen molar-refractivity contribution in [1.82, 2.24) is 5.32 Å². The quantitative estimate of drug-likeness (QED) is 0.692. The van der Waals surface area contributed by atoms with E-state index in [0.717, 1.165) is 31.2 Å². The zero-order valence-electron chi connectivity index (χ0n) is 14.0. The van der Waals surface area contributed by atoms with Crippen LogP contribution < -0.4 is 10.1 Å². The van der Waals surface area contributed by atoms with E-state index in [1.54, 1.807) is 12.1 Å². The first-order valence-corrected chi connectivity index (χ1v) is 8.35. The molecule has 0 aromatic heterocycles. The molecular formula is C17H26ClNO4. The molecule has 5 nitrogen and oxygen atoms in total. The molecule has 0 bridgehead atoms. The van der Waals surface area contributed by atoms with Crippen LogP contribution in [0.5, 0.6) is 11.5 Å². The fourth-order valence-electron chi connectivity index (χ4n) is 2.20. The number of phenols is 1. The molecule has 0 heterocycles. The molecule has 0 aliphatic heterocycles. The minimum Gasteiger partial charge on any atom is -0.503 e. The van der Waals surface area contributed by atoms with Crippen molar-refractivity contribution < 1.29 is 19.4 Å². The lowest BCUT2D eigenvalue weighted by molar-refractivity contribution is 0.122. The summed E-state index contributed by atoms with van der Waals surface area (Å²) in [7, 11) is 1.44. The van der Waals surface area contributed by atoms with Crippen LogP contribution in [0.2, 0.25) is 5.02 Å². The molecule has 0 saturated carbocycles. The van der Waals surface area contributed by atoms with Crippen LogP contribution in [0.1, 0.15) is 45.1 Å². The van der Waals surface area contributed by atoms with Gasteiger partial charge in [-0.3, -0.25) is 0 Å². The van der Waals surface area contributed by atoms with Crippen molar-refractivity contribution in [1.29, 1.82) is 0 Å². The first kappa shape index (κ1) is 19.4. The van der Waals surface area contributed by atoms with E-state index in [4.69, 9.17) is 21.1 Å². The molecule has 1 amide bonds. The van der Waals surface area contributed by atoms with Crippen LogP contribution in [0, 0.1) is 5.92 Å². The number of halogens is 1. The van der Waals surface area contributed by atoms with Gasteiger partial charge in [-0.05, 0) is 30.0 Å². The van der Waals surface area contributed by atoms with E-state index in [9.17, 15) is 9.90 Å². The Morgan fingerprint density at radius 2 is 2.13 bits per heavy atom. The van der Waals surface area contributed by atoms with Crippen molar-refractivity contribution in [2.75, 3.05) is 13.7 Å². The summed E-state index contributed by atoms with van der Waals surface area (Å²) in [6.07, 6.45) is 3.91. The molecule has 1 unspecified atom stereocenters. The first-order chi connectivity index (χ1) is 11.0. The van der Waals surface area contributed by atoms with Crippen LogP contribution in [-0.4, -0.2) is 24.9 Å². The topological polar surface area (TPSA) is 67.8 Å². The summed E-state index contributed by atoms with van der Waals surface area (Å²) in [4.78, 5) is 11.8. The van der Waals surface area contributed by atoms with Gasteiger partial charge in [-0.25, -0.2) is 4.79 Å². The smallest absolute Gasteiger partial charge is 0.407 e. The van der Waals surface area contributed by atoms with Gasteiger partial charge in [0.15, 0.2) is 11.5 Å². The second-order valence-electron chi connectivity index (χ2n) is 5.50. The third-order valence-corrected chi connectivity index (χ3v) is 4.03. The van der Waals surface area contributed by atoms with E-state index in [1.165, 1.54) is 7.11 Å². The van der Waals surface area contributed by atoms with Gasteiger partial charge in [-0.2, -0.15) is 0 Å². The molecule has 1 aromatic rings. The summed E-state index contributed by atoms with van der Waals surface area (Å²) >= 11 is 5.91. The Hall–Kier alpha value is -1.62. The number of alkyl carbamates (subject to hydrolysis) is 1. The monoisotopic (exact) mass is 343 g/mol. The summed E-state index contributed by atoms with van der Waals surface area (Å²) in [6, 6.07) is 3.20. The lowest BCUT2D eigenvalue weighted by Crippen LogP contribution is -2.26. The van der Waals surface area contributed by atoms with E-state index in [2.05, 4.69) is 19.2 Å². The van der Waals surface area contributed by atoms with Gasteiger partial charge in [0.2, 0.25) is 0 Å². The number of rotatable bonds is 9. The third kappa shape index (κ3) is 6.57. The number of methoxy groups -OCH3 is 1. The number of unbranched alkanes of at least 4 members (excludes halogenated alkanes) is 1. The first-order valence-electron chi connectivity index (χ1n) is 7.97. The molecule has 0 aliphatic rings. The average Bonchev–Trinajstić information content (AvgIpc) is 2.55. The van der Waals surface area contributed by atoms with Gasteiger partial charge in [-0.15, -0.1) is 0 Å². The summed E-state index contributed by atoms with van der Waals surface area (Å²) < 4.78 is 10.3. The Bertz CT molecular complexity index is 508. The molecule has 23 heavy (non-hydrogen) atoms. The molecule has 1 aromatic carbocycles. The minimum atomic E-state index is -0.455. The van der Waals surface area contributed by atoms with E-state index in [0.29, 0.717) is 12.5 Å². The number of aromatic hydroxyl groups is 1. The van der Waals surface area contributed by atoms with Crippen LogP contribution in [0.4, 0.5) is 4.79 Å². The molecule has 0 radical (unpaired) electrons. The normalized spacial score (nSPS) is 11.8. The van der Waals surface area contributed by atoms with Gasteiger partial charge < -0.3 is 19.9 Å². The third-order valence-electron chi connectivity index (χ3n) is 3.74. The number of phenolic OH excluding ortho intramolecular Hbond substituents is 1. The molecular weight excluding hydrogens is 318 g/mol. The van der Waals surface area contributed by atoms with Crippen LogP contribution in [-0.2, 0) is 11.3 Å². The number of hydrogen-bond donors (Lipinski definition) is 2. The standard InChI is InChI=1S/C17H26ClNO4/c1-4-6-7-12(5-2)11-23-17(21)19-10-13-8-14(18)16(20)15(9-13)22-3/h8-9,12,20H,4-7,10-11H2,1-3H3,(H,19,21). The second kappa shape index (κ2) is 10.2. The molecule has 0 aliphatic carbocycles. The fraction of sp³-hybridized carbons (Fsp3) is 0.588. The molecule has 0 saturated heterocycles.